The Labute approximate surface area is 109 Å². The van der Waals surface area contributed by atoms with E-state index < -0.39 is 10.8 Å². The Bertz CT molecular complexity index is 233. The first kappa shape index (κ1) is 15.1. The molecule has 3 nitrogen and oxygen atoms in total. The van der Waals surface area contributed by atoms with Crippen molar-refractivity contribution in [2.75, 3.05) is 37.7 Å². The first-order valence-corrected chi connectivity index (χ1v) is 8.41. The first-order chi connectivity index (χ1) is 8.11. The van der Waals surface area contributed by atoms with E-state index in [2.05, 4.69) is 24.1 Å². The van der Waals surface area contributed by atoms with Crippen LogP contribution in [0.4, 0.5) is 0 Å². The molecule has 102 valence electrons. The van der Waals surface area contributed by atoms with Crippen molar-refractivity contribution in [2.24, 2.45) is 5.92 Å². The second-order valence-electron chi connectivity index (χ2n) is 5.37. The smallest absolute Gasteiger partial charge is 0.0362 e. The van der Waals surface area contributed by atoms with Crippen LogP contribution in [0.1, 0.15) is 33.6 Å². The van der Waals surface area contributed by atoms with Crippen molar-refractivity contribution in [3.63, 3.8) is 0 Å². The van der Waals surface area contributed by atoms with E-state index in [0.717, 1.165) is 43.6 Å². The van der Waals surface area contributed by atoms with Gasteiger partial charge < -0.3 is 10.2 Å². The highest BCUT2D eigenvalue weighted by Crippen LogP contribution is 2.09. The Hall–Kier alpha value is 0.0700. The molecule has 1 fully saturated rings. The lowest BCUT2D eigenvalue weighted by atomic mass is 10.0. The van der Waals surface area contributed by atoms with E-state index in [9.17, 15) is 4.21 Å². The van der Waals surface area contributed by atoms with E-state index in [1.54, 1.807) is 0 Å². The van der Waals surface area contributed by atoms with Crippen molar-refractivity contribution in [3.05, 3.63) is 0 Å². The SMILES string of the molecule is CCS(=O)CCN1CCCNC(CC(C)C)C1. The van der Waals surface area contributed by atoms with Gasteiger partial charge in [-0.1, -0.05) is 20.8 Å². The second-order valence-corrected chi connectivity index (χ2v) is 7.23. The summed E-state index contributed by atoms with van der Waals surface area (Å²) in [5.74, 6) is 2.38. The van der Waals surface area contributed by atoms with Gasteiger partial charge in [-0.05, 0) is 31.8 Å². The molecule has 4 heteroatoms. The summed E-state index contributed by atoms with van der Waals surface area (Å²) < 4.78 is 11.5. The van der Waals surface area contributed by atoms with Crippen LogP contribution < -0.4 is 5.32 Å². The summed E-state index contributed by atoms with van der Waals surface area (Å²) in [4.78, 5) is 2.49. The highest BCUT2D eigenvalue weighted by atomic mass is 32.2. The molecule has 1 aliphatic rings. The van der Waals surface area contributed by atoms with Gasteiger partial charge in [-0.15, -0.1) is 0 Å². The van der Waals surface area contributed by atoms with E-state index in [1.165, 1.54) is 12.8 Å². The minimum absolute atomic E-state index is 0.618. The molecule has 0 aromatic heterocycles. The summed E-state index contributed by atoms with van der Waals surface area (Å²) in [6.45, 7) is 11.0. The van der Waals surface area contributed by atoms with Gasteiger partial charge in [0.25, 0.3) is 0 Å². The van der Waals surface area contributed by atoms with Crippen LogP contribution in [-0.2, 0) is 10.8 Å². The van der Waals surface area contributed by atoms with E-state index in [1.807, 2.05) is 6.92 Å². The van der Waals surface area contributed by atoms with Crippen LogP contribution in [0.5, 0.6) is 0 Å². The van der Waals surface area contributed by atoms with Crippen molar-refractivity contribution in [2.45, 2.75) is 39.7 Å². The summed E-state index contributed by atoms with van der Waals surface area (Å²) in [5, 5.41) is 3.63. The fourth-order valence-electron chi connectivity index (χ4n) is 2.38. The molecule has 0 radical (unpaired) electrons. The maximum atomic E-state index is 11.5. The Morgan fingerprint density at radius 3 is 2.88 bits per heavy atom. The maximum Gasteiger partial charge on any atom is 0.0362 e. The Balaban J connectivity index is 2.34. The van der Waals surface area contributed by atoms with Gasteiger partial charge in [-0.2, -0.15) is 0 Å². The van der Waals surface area contributed by atoms with Gasteiger partial charge in [0, 0.05) is 41.4 Å². The van der Waals surface area contributed by atoms with Crippen LogP contribution in [0.3, 0.4) is 0 Å². The minimum Gasteiger partial charge on any atom is -0.313 e. The van der Waals surface area contributed by atoms with Crippen molar-refractivity contribution >= 4 is 10.8 Å². The Morgan fingerprint density at radius 1 is 1.47 bits per heavy atom. The predicted octanol–water partition coefficient (Wildman–Crippen LogP) is 1.46. The number of rotatable bonds is 6. The van der Waals surface area contributed by atoms with Gasteiger partial charge in [-0.3, -0.25) is 4.21 Å². The molecular formula is C13H28N2OS. The van der Waals surface area contributed by atoms with Crippen LogP contribution in [0.2, 0.25) is 0 Å². The van der Waals surface area contributed by atoms with Gasteiger partial charge >= 0.3 is 0 Å². The summed E-state index contributed by atoms with van der Waals surface area (Å²) in [6, 6.07) is 0.618. The van der Waals surface area contributed by atoms with Crippen molar-refractivity contribution in [3.8, 4) is 0 Å². The fraction of sp³-hybridized carbons (Fsp3) is 1.00. The fourth-order valence-corrected chi connectivity index (χ4v) is 3.13. The summed E-state index contributed by atoms with van der Waals surface area (Å²) in [5.41, 5.74) is 0. The monoisotopic (exact) mass is 260 g/mol. The average molecular weight is 260 g/mol. The number of hydrogen-bond donors (Lipinski definition) is 1. The van der Waals surface area contributed by atoms with E-state index in [-0.39, 0.29) is 0 Å². The van der Waals surface area contributed by atoms with Gasteiger partial charge in [0.1, 0.15) is 0 Å². The second kappa shape index (κ2) is 8.22. The number of nitrogens with zero attached hydrogens (tertiary/aromatic N) is 1. The quantitative estimate of drug-likeness (QED) is 0.785. The Morgan fingerprint density at radius 2 is 2.24 bits per heavy atom. The molecule has 0 aromatic carbocycles. The lowest BCUT2D eigenvalue weighted by molar-refractivity contribution is 0.268. The first-order valence-electron chi connectivity index (χ1n) is 6.92. The zero-order valence-corrected chi connectivity index (χ0v) is 12.4. The molecule has 1 saturated heterocycles. The van der Waals surface area contributed by atoms with Crippen LogP contribution >= 0.6 is 0 Å². The molecule has 0 saturated carbocycles. The largest absolute Gasteiger partial charge is 0.313 e. The van der Waals surface area contributed by atoms with Gasteiger partial charge in [0.2, 0.25) is 0 Å². The molecule has 1 rings (SSSR count). The number of hydrogen-bond acceptors (Lipinski definition) is 3. The molecule has 0 amide bonds. The van der Waals surface area contributed by atoms with E-state index >= 15 is 0 Å². The third-order valence-electron chi connectivity index (χ3n) is 3.28. The van der Waals surface area contributed by atoms with Crippen molar-refractivity contribution in [1.29, 1.82) is 0 Å². The summed E-state index contributed by atoms with van der Waals surface area (Å²) >= 11 is 0. The normalized spacial score (nSPS) is 24.8. The van der Waals surface area contributed by atoms with Crippen LogP contribution in [-0.4, -0.2) is 52.8 Å². The lowest BCUT2D eigenvalue weighted by Crippen LogP contribution is -2.39. The molecule has 0 aliphatic carbocycles. The third-order valence-corrected chi connectivity index (χ3v) is 4.56. The van der Waals surface area contributed by atoms with Gasteiger partial charge in [0.05, 0.1) is 0 Å². The molecule has 2 unspecified atom stereocenters. The minimum atomic E-state index is -0.618. The Kier molecular flexibility index (Phi) is 7.32. The average Bonchev–Trinajstić information content (AvgIpc) is 2.50. The highest BCUT2D eigenvalue weighted by Gasteiger charge is 2.18. The zero-order chi connectivity index (χ0) is 12.7. The maximum absolute atomic E-state index is 11.5. The molecular weight excluding hydrogens is 232 g/mol. The van der Waals surface area contributed by atoms with Crippen molar-refractivity contribution in [1.82, 2.24) is 10.2 Å². The lowest BCUT2D eigenvalue weighted by Gasteiger charge is -2.25. The molecule has 0 aromatic rings. The predicted molar refractivity (Wildman–Crippen MR) is 75.9 cm³/mol. The van der Waals surface area contributed by atoms with Gasteiger partial charge in [-0.25, -0.2) is 0 Å². The van der Waals surface area contributed by atoms with E-state index in [4.69, 9.17) is 0 Å². The molecule has 2 atom stereocenters. The summed E-state index contributed by atoms with van der Waals surface area (Å²) in [6.07, 6.45) is 2.46. The highest BCUT2D eigenvalue weighted by molar-refractivity contribution is 7.84. The van der Waals surface area contributed by atoms with Crippen molar-refractivity contribution < 1.29 is 4.21 Å². The molecule has 1 aliphatic heterocycles. The standard InChI is InChI=1S/C13H28N2OS/c1-4-17(16)9-8-15-7-5-6-14-13(11-15)10-12(2)3/h12-14H,4-11H2,1-3H3. The number of nitrogens with one attached hydrogen (secondary N) is 1. The summed E-state index contributed by atoms with van der Waals surface area (Å²) in [7, 11) is -0.618. The third kappa shape index (κ3) is 6.53. The molecule has 17 heavy (non-hydrogen) atoms. The molecule has 1 heterocycles. The van der Waals surface area contributed by atoms with Crippen LogP contribution in [0, 0.1) is 5.92 Å². The molecule has 0 bridgehead atoms. The van der Waals surface area contributed by atoms with E-state index in [0.29, 0.717) is 6.04 Å². The zero-order valence-electron chi connectivity index (χ0n) is 11.6. The van der Waals surface area contributed by atoms with Crippen LogP contribution in [0.25, 0.3) is 0 Å². The topological polar surface area (TPSA) is 32.3 Å². The molecule has 1 N–H and O–H groups in total. The van der Waals surface area contributed by atoms with Gasteiger partial charge in [0.15, 0.2) is 0 Å². The van der Waals surface area contributed by atoms with Crippen LogP contribution in [0.15, 0.2) is 0 Å². The molecule has 0 spiro atoms.